The van der Waals surface area contributed by atoms with Crippen LogP contribution in [-0.4, -0.2) is 17.6 Å². The second-order valence-electron chi connectivity index (χ2n) is 4.12. The van der Waals surface area contributed by atoms with Gasteiger partial charge in [-0.1, -0.05) is 37.3 Å². The zero-order valence-electron chi connectivity index (χ0n) is 10.4. The zero-order valence-corrected chi connectivity index (χ0v) is 10.4. The molecule has 1 rings (SSSR count). The van der Waals surface area contributed by atoms with E-state index in [-0.39, 0.29) is 18.6 Å². The van der Waals surface area contributed by atoms with Crippen LogP contribution >= 0.6 is 0 Å². The number of rotatable bonds is 7. The third-order valence-electron chi connectivity index (χ3n) is 2.76. The first kappa shape index (κ1) is 13.7. The van der Waals surface area contributed by atoms with Crippen molar-refractivity contribution in [1.29, 1.82) is 0 Å². The summed E-state index contributed by atoms with van der Waals surface area (Å²) in [6.45, 7) is 2.22. The lowest BCUT2D eigenvalue weighted by Crippen LogP contribution is -2.27. The van der Waals surface area contributed by atoms with Gasteiger partial charge in [0.05, 0.1) is 6.04 Å². The molecule has 3 heteroatoms. The van der Waals surface area contributed by atoms with Gasteiger partial charge in [-0.2, -0.15) is 0 Å². The van der Waals surface area contributed by atoms with Crippen LogP contribution in [0, 0.1) is 0 Å². The summed E-state index contributed by atoms with van der Waals surface area (Å²) >= 11 is 0. The average Bonchev–Trinajstić information content (AvgIpc) is 2.37. The van der Waals surface area contributed by atoms with Crippen molar-refractivity contribution in [3.05, 3.63) is 35.9 Å². The van der Waals surface area contributed by atoms with Crippen molar-refractivity contribution in [2.24, 2.45) is 0 Å². The van der Waals surface area contributed by atoms with E-state index in [0.29, 0.717) is 12.8 Å². The van der Waals surface area contributed by atoms with E-state index in [0.717, 1.165) is 18.4 Å². The molecule has 0 aromatic heterocycles. The number of carbonyl (C=O) groups is 1. The average molecular weight is 235 g/mol. The number of aliphatic hydroxyl groups excluding tert-OH is 1. The fraction of sp³-hybridized carbons (Fsp3) is 0.500. The fourth-order valence-electron chi connectivity index (χ4n) is 1.77. The molecule has 3 nitrogen and oxygen atoms in total. The maximum atomic E-state index is 11.7. The van der Waals surface area contributed by atoms with Crippen LogP contribution in [0.15, 0.2) is 30.3 Å². The number of aliphatic hydroxyl groups is 1. The highest BCUT2D eigenvalue weighted by Crippen LogP contribution is 2.16. The molecular formula is C14H21NO2. The molecule has 1 aromatic carbocycles. The lowest BCUT2D eigenvalue weighted by molar-refractivity contribution is -0.122. The zero-order chi connectivity index (χ0) is 12.5. The number of hydrogen-bond acceptors (Lipinski definition) is 2. The van der Waals surface area contributed by atoms with E-state index in [9.17, 15) is 4.79 Å². The van der Waals surface area contributed by atoms with E-state index in [2.05, 4.69) is 12.2 Å². The van der Waals surface area contributed by atoms with Gasteiger partial charge in [-0.15, -0.1) is 0 Å². The number of nitrogens with one attached hydrogen (secondary N) is 1. The largest absolute Gasteiger partial charge is 0.396 e. The molecule has 1 amide bonds. The van der Waals surface area contributed by atoms with Gasteiger partial charge in [0, 0.05) is 13.0 Å². The van der Waals surface area contributed by atoms with Crippen molar-refractivity contribution in [2.75, 3.05) is 6.61 Å². The quantitative estimate of drug-likeness (QED) is 0.713. The summed E-state index contributed by atoms with van der Waals surface area (Å²) < 4.78 is 0. The Morgan fingerprint density at radius 1 is 1.29 bits per heavy atom. The first-order valence-electron chi connectivity index (χ1n) is 6.23. The van der Waals surface area contributed by atoms with Crippen LogP contribution in [0.5, 0.6) is 0 Å². The minimum atomic E-state index is 0.0640. The number of unbranched alkanes of at least 4 members (excludes halogenated alkanes) is 1. The molecule has 0 radical (unpaired) electrons. The maximum absolute atomic E-state index is 11.7. The van der Waals surface area contributed by atoms with Crippen LogP contribution in [0.2, 0.25) is 0 Å². The molecule has 94 valence electrons. The Morgan fingerprint density at radius 3 is 2.59 bits per heavy atom. The molecule has 0 aliphatic heterocycles. The van der Waals surface area contributed by atoms with Gasteiger partial charge < -0.3 is 10.4 Å². The van der Waals surface area contributed by atoms with E-state index in [4.69, 9.17) is 5.11 Å². The van der Waals surface area contributed by atoms with E-state index < -0.39 is 0 Å². The van der Waals surface area contributed by atoms with Crippen molar-refractivity contribution in [3.8, 4) is 0 Å². The minimum absolute atomic E-state index is 0.0640. The Kier molecular flexibility index (Phi) is 6.33. The van der Waals surface area contributed by atoms with Crippen LogP contribution < -0.4 is 5.32 Å². The highest BCUT2D eigenvalue weighted by molar-refractivity contribution is 5.76. The predicted octanol–water partition coefficient (Wildman–Crippen LogP) is 2.42. The monoisotopic (exact) mass is 235 g/mol. The van der Waals surface area contributed by atoms with Crippen LogP contribution in [-0.2, 0) is 4.79 Å². The minimum Gasteiger partial charge on any atom is -0.396 e. The van der Waals surface area contributed by atoms with Gasteiger partial charge >= 0.3 is 0 Å². The van der Waals surface area contributed by atoms with Gasteiger partial charge in [0.25, 0.3) is 0 Å². The number of amides is 1. The van der Waals surface area contributed by atoms with Gasteiger partial charge in [0.2, 0.25) is 5.91 Å². The molecule has 0 heterocycles. The number of hydrogen-bond donors (Lipinski definition) is 2. The second-order valence-corrected chi connectivity index (χ2v) is 4.12. The first-order valence-corrected chi connectivity index (χ1v) is 6.23. The van der Waals surface area contributed by atoms with Crippen molar-refractivity contribution in [2.45, 2.75) is 38.6 Å². The summed E-state index contributed by atoms with van der Waals surface area (Å²) in [5.74, 6) is 0.0640. The standard InChI is InChI=1S/C14H21NO2/c1-2-13(12-8-4-3-5-9-12)15-14(17)10-6-7-11-16/h3-5,8-9,13,16H,2,6-7,10-11H2,1H3,(H,15,17). The third-order valence-corrected chi connectivity index (χ3v) is 2.76. The molecule has 0 bridgehead atoms. The van der Waals surface area contributed by atoms with Crippen molar-refractivity contribution >= 4 is 5.91 Å². The number of carbonyl (C=O) groups excluding carboxylic acids is 1. The normalized spacial score (nSPS) is 12.1. The van der Waals surface area contributed by atoms with Crippen LogP contribution in [0.1, 0.15) is 44.2 Å². The van der Waals surface area contributed by atoms with E-state index in [1.165, 1.54) is 0 Å². The molecule has 1 unspecified atom stereocenters. The highest BCUT2D eigenvalue weighted by Gasteiger charge is 2.11. The Balaban J connectivity index is 2.44. The summed E-state index contributed by atoms with van der Waals surface area (Å²) in [5.41, 5.74) is 1.14. The van der Waals surface area contributed by atoms with Gasteiger partial charge in [-0.05, 0) is 24.8 Å². The highest BCUT2D eigenvalue weighted by atomic mass is 16.2. The van der Waals surface area contributed by atoms with Gasteiger partial charge in [-0.3, -0.25) is 4.79 Å². The summed E-state index contributed by atoms with van der Waals surface area (Å²) in [7, 11) is 0. The molecule has 0 saturated heterocycles. The first-order chi connectivity index (χ1) is 8.27. The molecule has 0 aliphatic carbocycles. The van der Waals surface area contributed by atoms with Crippen LogP contribution in [0.25, 0.3) is 0 Å². The van der Waals surface area contributed by atoms with Gasteiger partial charge in [0.1, 0.15) is 0 Å². The molecule has 17 heavy (non-hydrogen) atoms. The van der Waals surface area contributed by atoms with E-state index >= 15 is 0 Å². The molecule has 1 aromatic rings. The maximum Gasteiger partial charge on any atom is 0.220 e. The second kappa shape index (κ2) is 7.85. The summed E-state index contributed by atoms with van der Waals surface area (Å²) in [6, 6.07) is 10.1. The summed E-state index contributed by atoms with van der Waals surface area (Å²) in [4.78, 5) is 11.7. The predicted molar refractivity (Wildman–Crippen MR) is 68.6 cm³/mol. The molecule has 0 aliphatic rings. The van der Waals surface area contributed by atoms with Crippen molar-refractivity contribution < 1.29 is 9.90 Å². The lowest BCUT2D eigenvalue weighted by atomic mass is 10.0. The van der Waals surface area contributed by atoms with Crippen LogP contribution in [0.3, 0.4) is 0 Å². The molecular weight excluding hydrogens is 214 g/mol. The molecule has 0 saturated carbocycles. The Morgan fingerprint density at radius 2 is 2.00 bits per heavy atom. The van der Waals surface area contributed by atoms with Crippen molar-refractivity contribution in [1.82, 2.24) is 5.32 Å². The molecule has 1 atom stereocenters. The Labute approximate surface area is 103 Å². The number of benzene rings is 1. The van der Waals surface area contributed by atoms with E-state index in [1.807, 2.05) is 30.3 Å². The van der Waals surface area contributed by atoms with Gasteiger partial charge in [0.15, 0.2) is 0 Å². The lowest BCUT2D eigenvalue weighted by Gasteiger charge is -2.17. The van der Waals surface area contributed by atoms with Gasteiger partial charge in [-0.25, -0.2) is 0 Å². The SMILES string of the molecule is CCC(NC(=O)CCCCO)c1ccccc1. The summed E-state index contributed by atoms with van der Waals surface area (Å²) in [6.07, 6.45) is 2.81. The van der Waals surface area contributed by atoms with Crippen molar-refractivity contribution in [3.63, 3.8) is 0 Å². The molecule has 0 spiro atoms. The fourth-order valence-corrected chi connectivity index (χ4v) is 1.77. The summed E-state index contributed by atoms with van der Waals surface area (Å²) in [5, 5.41) is 11.7. The third kappa shape index (κ3) is 5.00. The smallest absolute Gasteiger partial charge is 0.220 e. The Hall–Kier alpha value is -1.35. The van der Waals surface area contributed by atoms with E-state index in [1.54, 1.807) is 0 Å². The Bertz CT molecular complexity index is 324. The van der Waals surface area contributed by atoms with Crippen LogP contribution in [0.4, 0.5) is 0 Å². The topological polar surface area (TPSA) is 49.3 Å². The molecule has 0 fully saturated rings. The molecule has 2 N–H and O–H groups in total.